The lowest BCUT2D eigenvalue weighted by Crippen LogP contribution is -2.47. The first-order chi connectivity index (χ1) is 5.56. The maximum atomic E-state index is 10.9. The Labute approximate surface area is 73.9 Å². The normalized spacial score (nSPS) is 12.8. The van der Waals surface area contributed by atoms with Gasteiger partial charge in [0.25, 0.3) is 0 Å². The minimum absolute atomic E-state index is 0.189. The van der Waals surface area contributed by atoms with Gasteiger partial charge < -0.3 is 16.4 Å². The molecule has 0 aliphatic carbocycles. The fourth-order valence-corrected chi connectivity index (χ4v) is 0.947. The van der Waals surface area contributed by atoms with Crippen LogP contribution < -0.4 is 16.4 Å². The van der Waals surface area contributed by atoms with Crippen molar-refractivity contribution in [2.75, 3.05) is 6.54 Å². The number of rotatable bonds is 4. The van der Waals surface area contributed by atoms with Crippen LogP contribution in [-0.4, -0.2) is 18.7 Å². The lowest BCUT2D eigenvalue weighted by atomic mass is 10.1. The van der Waals surface area contributed by atoms with Gasteiger partial charge in [-0.2, -0.15) is 0 Å². The van der Waals surface area contributed by atoms with E-state index in [2.05, 4.69) is 24.5 Å². The number of hydrogen-bond donors (Lipinski definition) is 3. The van der Waals surface area contributed by atoms with E-state index in [9.17, 15) is 4.79 Å². The highest BCUT2D eigenvalue weighted by atomic mass is 16.2. The topological polar surface area (TPSA) is 67.2 Å². The van der Waals surface area contributed by atoms with Crippen LogP contribution in [0, 0.1) is 5.92 Å². The molecule has 4 N–H and O–H groups in total. The number of nitrogens with one attached hydrogen (secondary N) is 2. The zero-order valence-corrected chi connectivity index (χ0v) is 8.05. The molecule has 0 saturated carbocycles. The predicted octanol–water partition coefficient (Wildman–Crippen LogP) is 0.636. The first kappa shape index (κ1) is 11.2. The van der Waals surface area contributed by atoms with Crippen molar-refractivity contribution in [2.24, 2.45) is 11.7 Å². The fourth-order valence-electron chi connectivity index (χ4n) is 0.947. The Bertz CT molecular complexity index is 136. The van der Waals surface area contributed by atoms with Gasteiger partial charge in [0.2, 0.25) is 0 Å². The summed E-state index contributed by atoms with van der Waals surface area (Å²) in [4.78, 5) is 10.9. The van der Waals surface area contributed by atoms with E-state index in [1.807, 2.05) is 6.92 Å². The molecule has 0 fully saturated rings. The van der Waals surface area contributed by atoms with E-state index in [-0.39, 0.29) is 12.2 Å². The van der Waals surface area contributed by atoms with Crippen molar-refractivity contribution in [3.8, 4) is 0 Å². The van der Waals surface area contributed by atoms with Gasteiger partial charge in [-0.05, 0) is 19.3 Å². The molecule has 0 aromatic carbocycles. The lowest BCUT2D eigenvalue weighted by molar-refractivity contribution is 0.236. The molecule has 4 heteroatoms. The number of urea groups is 1. The van der Waals surface area contributed by atoms with Crippen LogP contribution in [0.2, 0.25) is 0 Å². The molecule has 0 rings (SSSR count). The van der Waals surface area contributed by atoms with Crippen LogP contribution in [0.4, 0.5) is 4.79 Å². The lowest BCUT2D eigenvalue weighted by Gasteiger charge is -2.15. The van der Waals surface area contributed by atoms with E-state index in [4.69, 9.17) is 5.73 Å². The molecule has 0 aromatic heterocycles. The van der Waals surface area contributed by atoms with Gasteiger partial charge in [-0.1, -0.05) is 13.8 Å². The fraction of sp³-hybridized carbons (Fsp3) is 0.875. The summed E-state index contributed by atoms with van der Waals surface area (Å²) in [5, 5.41) is 5.26. The van der Waals surface area contributed by atoms with Crippen LogP contribution in [0.15, 0.2) is 0 Å². The predicted molar refractivity (Wildman–Crippen MR) is 49.6 cm³/mol. The van der Waals surface area contributed by atoms with Gasteiger partial charge in [-0.3, -0.25) is 0 Å². The second-order valence-electron chi connectivity index (χ2n) is 3.24. The summed E-state index contributed by atoms with van der Waals surface area (Å²) in [5.74, 6) is 0.502. The van der Waals surface area contributed by atoms with Crippen LogP contribution in [0.25, 0.3) is 0 Å². The van der Waals surface area contributed by atoms with Crippen LogP contribution in [0.1, 0.15) is 27.2 Å². The van der Waals surface area contributed by atoms with Gasteiger partial charge in [-0.25, -0.2) is 4.79 Å². The van der Waals surface area contributed by atoms with Crippen LogP contribution in [0.5, 0.6) is 0 Å². The molecule has 12 heavy (non-hydrogen) atoms. The van der Waals surface area contributed by atoms with E-state index in [1.165, 1.54) is 0 Å². The molecule has 0 bridgehead atoms. The van der Waals surface area contributed by atoms with E-state index < -0.39 is 0 Å². The molecule has 0 spiro atoms. The highest BCUT2D eigenvalue weighted by Crippen LogP contribution is 1.99. The first-order valence-electron chi connectivity index (χ1n) is 4.36. The van der Waals surface area contributed by atoms with E-state index in [0.29, 0.717) is 12.5 Å². The zero-order chi connectivity index (χ0) is 9.56. The molecule has 0 aliphatic heterocycles. The van der Waals surface area contributed by atoms with Crippen LogP contribution >= 0.6 is 0 Å². The van der Waals surface area contributed by atoms with Crippen molar-refractivity contribution in [2.45, 2.75) is 33.4 Å². The van der Waals surface area contributed by atoms with Crippen molar-refractivity contribution in [1.29, 1.82) is 0 Å². The smallest absolute Gasteiger partial charge is 0.315 e. The first-order valence-corrected chi connectivity index (χ1v) is 4.36. The SMILES string of the molecule is CCNC(=O)N[C@H](N)CC(C)C. The molecule has 0 unspecified atom stereocenters. The highest BCUT2D eigenvalue weighted by molar-refractivity contribution is 5.73. The Hall–Kier alpha value is -0.770. The molecule has 1 atom stereocenters. The van der Waals surface area contributed by atoms with E-state index >= 15 is 0 Å². The van der Waals surface area contributed by atoms with Gasteiger partial charge in [0.1, 0.15) is 0 Å². The minimum Gasteiger partial charge on any atom is -0.338 e. The second kappa shape index (κ2) is 5.83. The summed E-state index contributed by atoms with van der Waals surface area (Å²) in [7, 11) is 0. The third-order valence-electron chi connectivity index (χ3n) is 1.38. The Kier molecular flexibility index (Phi) is 5.45. The number of amides is 2. The van der Waals surface area contributed by atoms with E-state index in [0.717, 1.165) is 6.42 Å². The molecule has 0 aliphatic rings. The minimum atomic E-state index is -0.239. The van der Waals surface area contributed by atoms with Crippen LogP contribution in [0.3, 0.4) is 0 Å². The van der Waals surface area contributed by atoms with Gasteiger partial charge in [0, 0.05) is 6.54 Å². The summed E-state index contributed by atoms with van der Waals surface area (Å²) in [6.45, 7) is 6.63. The molecule has 72 valence electrons. The molecule has 0 saturated heterocycles. The van der Waals surface area contributed by atoms with Gasteiger partial charge in [-0.15, -0.1) is 0 Å². The van der Waals surface area contributed by atoms with Crippen molar-refractivity contribution < 1.29 is 4.79 Å². The summed E-state index contributed by atoms with van der Waals surface area (Å²) >= 11 is 0. The summed E-state index contributed by atoms with van der Waals surface area (Å²) in [5.41, 5.74) is 5.63. The largest absolute Gasteiger partial charge is 0.338 e. The maximum Gasteiger partial charge on any atom is 0.315 e. The highest BCUT2D eigenvalue weighted by Gasteiger charge is 2.07. The summed E-state index contributed by atoms with van der Waals surface area (Å²) < 4.78 is 0. The van der Waals surface area contributed by atoms with Gasteiger partial charge >= 0.3 is 6.03 Å². The summed E-state index contributed by atoms with van der Waals surface area (Å²) in [6, 6.07) is -0.189. The quantitative estimate of drug-likeness (QED) is 0.546. The third-order valence-corrected chi connectivity index (χ3v) is 1.38. The van der Waals surface area contributed by atoms with Crippen LogP contribution in [-0.2, 0) is 0 Å². The number of nitrogens with two attached hydrogens (primary N) is 1. The number of hydrogen-bond acceptors (Lipinski definition) is 2. The molecule has 0 radical (unpaired) electrons. The molecule has 0 heterocycles. The third kappa shape index (κ3) is 5.97. The number of carbonyl (C=O) groups excluding carboxylic acids is 1. The van der Waals surface area contributed by atoms with Crippen molar-refractivity contribution >= 4 is 6.03 Å². The van der Waals surface area contributed by atoms with Crippen molar-refractivity contribution in [1.82, 2.24) is 10.6 Å². The molecule has 0 aromatic rings. The zero-order valence-electron chi connectivity index (χ0n) is 8.05. The van der Waals surface area contributed by atoms with Crippen molar-refractivity contribution in [3.63, 3.8) is 0 Å². The Balaban J connectivity index is 3.54. The Morgan fingerprint density at radius 2 is 2.08 bits per heavy atom. The Morgan fingerprint density at radius 1 is 1.50 bits per heavy atom. The molecule has 4 nitrogen and oxygen atoms in total. The molecular formula is C8H19N3O. The molecule has 2 amide bonds. The molecular weight excluding hydrogens is 154 g/mol. The number of carbonyl (C=O) groups is 1. The second-order valence-corrected chi connectivity index (χ2v) is 3.24. The van der Waals surface area contributed by atoms with Gasteiger partial charge in [0.05, 0.1) is 6.17 Å². The van der Waals surface area contributed by atoms with E-state index in [1.54, 1.807) is 0 Å². The average Bonchev–Trinajstić information content (AvgIpc) is 1.84. The summed E-state index contributed by atoms with van der Waals surface area (Å²) in [6.07, 6.45) is 0.563. The standard InChI is InChI=1S/C8H19N3O/c1-4-10-8(12)11-7(9)5-6(2)3/h6-7H,4-5,9H2,1-3H3,(H2,10,11,12)/t7-/m0/s1. The average molecular weight is 173 g/mol. The monoisotopic (exact) mass is 173 g/mol. The maximum absolute atomic E-state index is 10.9. The van der Waals surface area contributed by atoms with Crippen molar-refractivity contribution in [3.05, 3.63) is 0 Å². The Morgan fingerprint density at radius 3 is 2.50 bits per heavy atom. The van der Waals surface area contributed by atoms with Gasteiger partial charge in [0.15, 0.2) is 0 Å².